The van der Waals surface area contributed by atoms with E-state index in [-0.39, 0.29) is 28.0 Å². The van der Waals surface area contributed by atoms with Crippen molar-refractivity contribution in [3.63, 3.8) is 0 Å². The van der Waals surface area contributed by atoms with Crippen molar-refractivity contribution in [2.45, 2.75) is 37.6 Å². The number of nitrogens with one attached hydrogen (secondary N) is 2. The predicted molar refractivity (Wildman–Crippen MR) is 110 cm³/mol. The van der Waals surface area contributed by atoms with Crippen LogP contribution in [0.5, 0.6) is 5.75 Å². The van der Waals surface area contributed by atoms with Crippen molar-refractivity contribution < 1.29 is 27.5 Å². The van der Waals surface area contributed by atoms with Gasteiger partial charge in [0.1, 0.15) is 11.8 Å². The van der Waals surface area contributed by atoms with E-state index >= 15 is 0 Å². The van der Waals surface area contributed by atoms with Gasteiger partial charge in [0.15, 0.2) is 5.76 Å². The van der Waals surface area contributed by atoms with Crippen LogP contribution in [0.25, 0.3) is 0 Å². The van der Waals surface area contributed by atoms with Gasteiger partial charge in [0.2, 0.25) is 15.9 Å². The van der Waals surface area contributed by atoms with Gasteiger partial charge in [-0.05, 0) is 49.1 Å². The monoisotopic (exact) mass is 435 g/mol. The highest BCUT2D eigenvalue weighted by atomic mass is 32.2. The maximum Gasteiger partial charge on any atom is 0.287 e. The highest BCUT2D eigenvalue weighted by molar-refractivity contribution is 7.89. The Balaban J connectivity index is 1.79. The van der Waals surface area contributed by atoms with Crippen molar-refractivity contribution >= 4 is 27.5 Å². The van der Waals surface area contributed by atoms with E-state index in [1.54, 1.807) is 19.9 Å². The van der Waals surface area contributed by atoms with Crippen LogP contribution in [0.3, 0.4) is 0 Å². The molecule has 1 fully saturated rings. The Morgan fingerprint density at radius 3 is 2.47 bits per heavy atom. The zero-order valence-corrected chi connectivity index (χ0v) is 17.6. The van der Waals surface area contributed by atoms with Gasteiger partial charge in [0.25, 0.3) is 5.91 Å². The van der Waals surface area contributed by atoms with Gasteiger partial charge < -0.3 is 20.2 Å². The number of hydrogen-bond donors (Lipinski definition) is 3. The standard InChI is InChI=1S/C20H25N3O6S/c1-13(2)18(22-19(25)17-6-5-11-29-17)20(26)21-15-12-14(7-8-16(15)24)30(27,28)23-9-3-4-10-23/h5-8,11-13,18,24H,3-4,9-10H2,1-2H3,(H,21,26)(H,22,25)/t18-/m0/s1. The van der Waals surface area contributed by atoms with Crippen molar-refractivity contribution in [2.75, 3.05) is 18.4 Å². The molecule has 10 heteroatoms. The number of phenolic OH excluding ortho intramolecular Hbond substituents is 1. The Morgan fingerprint density at radius 1 is 1.17 bits per heavy atom. The smallest absolute Gasteiger partial charge is 0.287 e. The highest BCUT2D eigenvalue weighted by Crippen LogP contribution is 2.29. The molecule has 1 saturated heterocycles. The minimum absolute atomic E-state index is 0.0155. The van der Waals surface area contributed by atoms with E-state index in [9.17, 15) is 23.1 Å². The quantitative estimate of drug-likeness (QED) is 0.572. The van der Waals surface area contributed by atoms with E-state index in [1.165, 1.54) is 34.8 Å². The van der Waals surface area contributed by atoms with Crippen LogP contribution >= 0.6 is 0 Å². The molecule has 30 heavy (non-hydrogen) atoms. The van der Waals surface area contributed by atoms with Gasteiger partial charge in [-0.25, -0.2) is 8.42 Å². The molecule has 0 bridgehead atoms. The Kier molecular flexibility index (Phi) is 6.47. The zero-order valence-electron chi connectivity index (χ0n) is 16.8. The average molecular weight is 436 g/mol. The first-order chi connectivity index (χ1) is 14.2. The van der Waals surface area contributed by atoms with E-state index in [2.05, 4.69) is 10.6 Å². The van der Waals surface area contributed by atoms with Crippen LogP contribution in [0.15, 0.2) is 45.9 Å². The highest BCUT2D eigenvalue weighted by Gasteiger charge is 2.29. The number of carbonyl (C=O) groups is 2. The third kappa shape index (κ3) is 4.65. The molecule has 0 saturated carbocycles. The topological polar surface area (TPSA) is 129 Å². The number of aromatic hydroxyl groups is 1. The lowest BCUT2D eigenvalue weighted by Crippen LogP contribution is -2.47. The maximum absolute atomic E-state index is 12.8. The second-order valence-electron chi connectivity index (χ2n) is 7.45. The van der Waals surface area contributed by atoms with Gasteiger partial charge in [-0.15, -0.1) is 0 Å². The van der Waals surface area contributed by atoms with Crippen LogP contribution in [-0.2, 0) is 14.8 Å². The predicted octanol–water partition coefficient (Wildman–Crippen LogP) is 2.16. The number of furan rings is 1. The molecule has 2 amide bonds. The van der Waals surface area contributed by atoms with E-state index in [1.807, 2.05) is 0 Å². The van der Waals surface area contributed by atoms with Crippen LogP contribution < -0.4 is 10.6 Å². The fraction of sp³-hybridized carbons (Fsp3) is 0.400. The molecule has 1 aromatic heterocycles. The molecule has 3 rings (SSSR count). The molecule has 2 aromatic rings. The SMILES string of the molecule is CC(C)[C@H](NC(=O)c1ccco1)C(=O)Nc1cc(S(=O)(=O)N2CCCC2)ccc1O. The first-order valence-corrected chi connectivity index (χ1v) is 11.1. The number of carbonyl (C=O) groups excluding carboxylic acids is 2. The van der Waals surface area contributed by atoms with Gasteiger partial charge in [-0.1, -0.05) is 13.8 Å². The fourth-order valence-electron chi connectivity index (χ4n) is 3.22. The number of sulfonamides is 1. The molecule has 0 radical (unpaired) electrons. The molecule has 1 aromatic carbocycles. The Labute approximate surface area is 175 Å². The normalized spacial score (nSPS) is 15.8. The lowest BCUT2D eigenvalue weighted by Gasteiger charge is -2.22. The molecule has 1 aliphatic heterocycles. The minimum atomic E-state index is -3.71. The number of amides is 2. The van der Waals surface area contributed by atoms with E-state index < -0.39 is 27.9 Å². The Morgan fingerprint density at radius 2 is 1.87 bits per heavy atom. The number of hydrogen-bond acceptors (Lipinski definition) is 6. The number of phenols is 1. The first kappa shape index (κ1) is 21.8. The van der Waals surface area contributed by atoms with Crippen LogP contribution in [-0.4, -0.2) is 48.8 Å². The molecular weight excluding hydrogens is 410 g/mol. The van der Waals surface area contributed by atoms with Crippen LogP contribution in [0.1, 0.15) is 37.2 Å². The minimum Gasteiger partial charge on any atom is -0.506 e. The lowest BCUT2D eigenvalue weighted by atomic mass is 10.0. The van der Waals surface area contributed by atoms with Crippen molar-refractivity contribution in [3.8, 4) is 5.75 Å². The number of anilines is 1. The van der Waals surface area contributed by atoms with Gasteiger partial charge in [0, 0.05) is 13.1 Å². The summed E-state index contributed by atoms with van der Waals surface area (Å²) in [5.41, 5.74) is -0.0434. The number of nitrogens with zero attached hydrogens (tertiary/aromatic N) is 1. The van der Waals surface area contributed by atoms with Crippen molar-refractivity contribution in [3.05, 3.63) is 42.4 Å². The molecule has 0 spiro atoms. The Hall–Kier alpha value is -2.85. The van der Waals surface area contributed by atoms with E-state index in [4.69, 9.17) is 4.42 Å². The number of benzene rings is 1. The van der Waals surface area contributed by atoms with Crippen molar-refractivity contribution in [2.24, 2.45) is 5.92 Å². The molecule has 1 atom stereocenters. The summed E-state index contributed by atoms with van der Waals surface area (Å²) in [5.74, 6) is -1.62. The summed E-state index contributed by atoms with van der Waals surface area (Å²) in [6, 6.07) is 5.86. The molecule has 2 heterocycles. The maximum atomic E-state index is 12.8. The third-order valence-electron chi connectivity index (χ3n) is 4.91. The first-order valence-electron chi connectivity index (χ1n) is 9.68. The summed E-state index contributed by atoms with van der Waals surface area (Å²) < 4.78 is 32.0. The second kappa shape index (κ2) is 8.88. The van der Waals surface area contributed by atoms with Crippen molar-refractivity contribution in [1.82, 2.24) is 9.62 Å². The van der Waals surface area contributed by atoms with E-state index in [0.717, 1.165) is 12.8 Å². The van der Waals surface area contributed by atoms with Gasteiger partial charge in [-0.3, -0.25) is 9.59 Å². The molecule has 162 valence electrons. The zero-order chi connectivity index (χ0) is 21.9. The number of rotatable bonds is 7. The molecular formula is C20H25N3O6S. The van der Waals surface area contributed by atoms with Crippen LogP contribution in [0.2, 0.25) is 0 Å². The summed E-state index contributed by atoms with van der Waals surface area (Å²) in [7, 11) is -3.71. The van der Waals surface area contributed by atoms with Crippen LogP contribution in [0, 0.1) is 5.92 Å². The van der Waals surface area contributed by atoms with Crippen molar-refractivity contribution in [1.29, 1.82) is 0 Å². The molecule has 0 unspecified atom stereocenters. The molecule has 0 aliphatic carbocycles. The van der Waals surface area contributed by atoms with Gasteiger partial charge in [-0.2, -0.15) is 4.31 Å². The second-order valence-corrected chi connectivity index (χ2v) is 9.39. The summed E-state index contributed by atoms with van der Waals surface area (Å²) in [5, 5.41) is 15.3. The fourth-order valence-corrected chi connectivity index (χ4v) is 4.76. The van der Waals surface area contributed by atoms with Gasteiger partial charge in [0.05, 0.1) is 16.8 Å². The summed E-state index contributed by atoms with van der Waals surface area (Å²) in [6.07, 6.45) is 2.95. The summed E-state index contributed by atoms with van der Waals surface area (Å²) in [4.78, 5) is 25.0. The lowest BCUT2D eigenvalue weighted by molar-refractivity contribution is -0.118. The van der Waals surface area contributed by atoms with Gasteiger partial charge >= 0.3 is 0 Å². The summed E-state index contributed by atoms with van der Waals surface area (Å²) >= 11 is 0. The molecule has 1 aliphatic rings. The molecule has 9 nitrogen and oxygen atoms in total. The average Bonchev–Trinajstić information content (AvgIpc) is 3.41. The summed E-state index contributed by atoms with van der Waals surface area (Å²) in [6.45, 7) is 4.39. The molecule has 3 N–H and O–H groups in total. The largest absolute Gasteiger partial charge is 0.506 e. The third-order valence-corrected chi connectivity index (χ3v) is 6.80. The Bertz CT molecular complexity index is 1010. The van der Waals surface area contributed by atoms with Crippen LogP contribution in [0.4, 0.5) is 5.69 Å². The van der Waals surface area contributed by atoms with E-state index in [0.29, 0.717) is 13.1 Å².